The number of nitrogens with one attached hydrogen (secondary N) is 1. The maximum absolute atomic E-state index is 13.1. The standard InChI is InChI=1S/C27H23NO5S/c1-32-20-13-19(14-21(15-20)33-2)17-6-5-7-18(12-17)27(31)28-24-9-4-3-8-23(24)25-11-10-22(34-25)16-26(29)30/h3-15H,16H2,1-2H3,(H,28,31)(H,29,30). The van der Waals surface area contributed by atoms with Gasteiger partial charge in [0.1, 0.15) is 11.5 Å². The number of methoxy groups -OCH3 is 2. The maximum Gasteiger partial charge on any atom is 0.308 e. The summed E-state index contributed by atoms with van der Waals surface area (Å²) in [6.07, 6.45) is -0.0267. The third-order valence-electron chi connectivity index (χ3n) is 5.24. The van der Waals surface area contributed by atoms with Crippen LogP contribution in [0.2, 0.25) is 0 Å². The number of carboxylic acids is 1. The summed E-state index contributed by atoms with van der Waals surface area (Å²) in [5.41, 5.74) is 3.73. The van der Waals surface area contributed by atoms with Crippen molar-refractivity contribution in [2.75, 3.05) is 19.5 Å². The van der Waals surface area contributed by atoms with E-state index >= 15 is 0 Å². The predicted octanol–water partition coefficient (Wildman–Crippen LogP) is 5.98. The van der Waals surface area contributed by atoms with Gasteiger partial charge in [-0.2, -0.15) is 0 Å². The Balaban J connectivity index is 1.60. The van der Waals surface area contributed by atoms with Crippen LogP contribution in [0, 0.1) is 0 Å². The Kier molecular flexibility index (Phi) is 6.94. The van der Waals surface area contributed by atoms with E-state index in [1.54, 1.807) is 32.4 Å². The summed E-state index contributed by atoms with van der Waals surface area (Å²) >= 11 is 1.40. The fraction of sp³-hybridized carbons (Fsp3) is 0.111. The number of carbonyl (C=O) groups is 2. The van der Waals surface area contributed by atoms with E-state index in [4.69, 9.17) is 14.6 Å². The van der Waals surface area contributed by atoms with Crippen LogP contribution in [0.3, 0.4) is 0 Å². The molecule has 0 aliphatic heterocycles. The van der Waals surface area contributed by atoms with Crippen LogP contribution < -0.4 is 14.8 Å². The molecule has 0 saturated carbocycles. The Hall–Kier alpha value is -4.10. The number of carbonyl (C=O) groups excluding carboxylic acids is 1. The van der Waals surface area contributed by atoms with Crippen molar-refractivity contribution < 1.29 is 24.2 Å². The first-order chi connectivity index (χ1) is 16.5. The number of ether oxygens (including phenoxy) is 2. The van der Waals surface area contributed by atoms with Gasteiger partial charge in [0.25, 0.3) is 5.91 Å². The molecule has 172 valence electrons. The number of hydrogen-bond donors (Lipinski definition) is 2. The molecule has 34 heavy (non-hydrogen) atoms. The van der Waals surface area contributed by atoms with Crippen LogP contribution in [0.5, 0.6) is 11.5 Å². The van der Waals surface area contributed by atoms with Crippen molar-refractivity contribution in [3.05, 3.63) is 89.3 Å². The van der Waals surface area contributed by atoms with Crippen LogP contribution >= 0.6 is 11.3 Å². The molecule has 1 aromatic heterocycles. The second kappa shape index (κ2) is 10.2. The SMILES string of the molecule is COc1cc(OC)cc(-c2cccc(C(=O)Nc3ccccc3-c3ccc(CC(=O)O)s3)c2)c1. The van der Waals surface area contributed by atoms with Crippen LogP contribution in [-0.4, -0.2) is 31.2 Å². The quantitative estimate of drug-likeness (QED) is 0.329. The largest absolute Gasteiger partial charge is 0.497 e. The molecule has 2 N–H and O–H groups in total. The molecular formula is C27H23NO5S. The number of hydrogen-bond acceptors (Lipinski definition) is 5. The van der Waals surface area contributed by atoms with E-state index in [1.807, 2.05) is 60.7 Å². The minimum absolute atomic E-state index is 0.0267. The molecule has 7 heteroatoms. The van der Waals surface area contributed by atoms with Gasteiger partial charge in [-0.05, 0) is 53.6 Å². The molecule has 3 aromatic carbocycles. The number of carboxylic acid groups (broad SMARTS) is 1. The molecule has 0 aliphatic rings. The molecule has 4 aromatic rings. The summed E-state index contributed by atoms with van der Waals surface area (Å²) in [5.74, 6) is 0.211. The minimum atomic E-state index is -0.872. The van der Waals surface area contributed by atoms with Gasteiger partial charge < -0.3 is 19.9 Å². The average Bonchev–Trinajstić information content (AvgIpc) is 3.31. The molecule has 0 saturated heterocycles. The zero-order valence-electron chi connectivity index (χ0n) is 18.7. The van der Waals surface area contributed by atoms with Gasteiger partial charge in [0.05, 0.1) is 20.6 Å². The highest BCUT2D eigenvalue weighted by Crippen LogP contribution is 2.34. The summed E-state index contributed by atoms with van der Waals surface area (Å²) in [6.45, 7) is 0. The first kappa shape index (κ1) is 23.1. The van der Waals surface area contributed by atoms with Crippen molar-refractivity contribution in [1.29, 1.82) is 0 Å². The van der Waals surface area contributed by atoms with Crippen molar-refractivity contribution in [2.24, 2.45) is 0 Å². The Morgan fingerprint density at radius 2 is 1.59 bits per heavy atom. The highest BCUT2D eigenvalue weighted by Gasteiger charge is 2.14. The van der Waals surface area contributed by atoms with Gasteiger partial charge in [-0.1, -0.05) is 30.3 Å². The smallest absolute Gasteiger partial charge is 0.308 e. The molecule has 0 spiro atoms. The fourth-order valence-corrected chi connectivity index (χ4v) is 4.62. The Morgan fingerprint density at radius 1 is 0.853 bits per heavy atom. The lowest BCUT2D eigenvalue weighted by atomic mass is 10.0. The van der Waals surface area contributed by atoms with E-state index in [9.17, 15) is 9.59 Å². The summed E-state index contributed by atoms with van der Waals surface area (Å²) in [7, 11) is 3.19. The average molecular weight is 474 g/mol. The third-order valence-corrected chi connectivity index (χ3v) is 6.36. The van der Waals surface area contributed by atoms with Crippen molar-refractivity contribution >= 4 is 28.9 Å². The Bertz CT molecular complexity index is 1320. The van der Waals surface area contributed by atoms with Gasteiger partial charge in [-0.25, -0.2) is 0 Å². The van der Waals surface area contributed by atoms with Gasteiger partial charge in [0.15, 0.2) is 0 Å². The predicted molar refractivity (Wildman–Crippen MR) is 134 cm³/mol. The van der Waals surface area contributed by atoms with Crippen LogP contribution in [0.4, 0.5) is 5.69 Å². The lowest BCUT2D eigenvalue weighted by Gasteiger charge is -2.12. The van der Waals surface area contributed by atoms with E-state index in [0.717, 1.165) is 26.4 Å². The Labute approximate surface area is 201 Å². The maximum atomic E-state index is 13.1. The molecule has 0 bridgehead atoms. The molecule has 0 aliphatic carbocycles. The zero-order valence-corrected chi connectivity index (χ0v) is 19.5. The molecule has 0 radical (unpaired) electrons. The summed E-state index contributed by atoms with van der Waals surface area (Å²) in [6, 6.07) is 24.1. The monoisotopic (exact) mass is 473 g/mol. The topological polar surface area (TPSA) is 84.9 Å². The van der Waals surface area contributed by atoms with E-state index in [2.05, 4.69) is 5.32 Å². The molecule has 1 heterocycles. The van der Waals surface area contributed by atoms with Gasteiger partial charge in [-0.3, -0.25) is 9.59 Å². The molecule has 0 unspecified atom stereocenters. The van der Waals surface area contributed by atoms with Crippen LogP contribution in [0.1, 0.15) is 15.2 Å². The Morgan fingerprint density at radius 3 is 2.29 bits per heavy atom. The number of rotatable bonds is 8. The highest BCUT2D eigenvalue weighted by molar-refractivity contribution is 7.15. The molecule has 4 rings (SSSR count). The lowest BCUT2D eigenvalue weighted by molar-refractivity contribution is -0.136. The van der Waals surface area contributed by atoms with E-state index in [1.165, 1.54) is 11.3 Å². The molecule has 6 nitrogen and oxygen atoms in total. The highest BCUT2D eigenvalue weighted by atomic mass is 32.1. The molecular weight excluding hydrogens is 450 g/mol. The number of aliphatic carboxylic acids is 1. The van der Waals surface area contributed by atoms with Gasteiger partial charge in [0, 0.05) is 32.6 Å². The van der Waals surface area contributed by atoms with Crippen LogP contribution in [0.25, 0.3) is 21.6 Å². The number of anilines is 1. The third kappa shape index (κ3) is 5.27. The minimum Gasteiger partial charge on any atom is -0.497 e. The summed E-state index contributed by atoms with van der Waals surface area (Å²) < 4.78 is 10.7. The molecule has 0 atom stereocenters. The lowest BCUT2D eigenvalue weighted by Crippen LogP contribution is -2.12. The number of benzene rings is 3. The van der Waals surface area contributed by atoms with E-state index in [0.29, 0.717) is 22.7 Å². The second-order valence-corrected chi connectivity index (χ2v) is 8.69. The van der Waals surface area contributed by atoms with Crippen molar-refractivity contribution in [2.45, 2.75) is 6.42 Å². The summed E-state index contributed by atoms with van der Waals surface area (Å²) in [5, 5.41) is 12.0. The second-order valence-electron chi connectivity index (χ2n) is 7.52. The van der Waals surface area contributed by atoms with Crippen molar-refractivity contribution in [3.63, 3.8) is 0 Å². The zero-order chi connectivity index (χ0) is 24.1. The van der Waals surface area contributed by atoms with Gasteiger partial charge in [0.2, 0.25) is 0 Å². The van der Waals surface area contributed by atoms with E-state index < -0.39 is 5.97 Å². The normalized spacial score (nSPS) is 10.5. The first-order valence-corrected chi connectivity index (χ1v) is 11.3. The number of amides is 1. The molecule has 0 fully saturated rings. The number of para-hydroxylation sites is 1. The summed E-state index contributed by atoms with van der Waals surface area (Å²) in [4.78, 5) is 25.8. The van der Waals surface area contributed by atoms with Crippen LogP contribution in [-0.2, 0) is 11.2 Å². The van der Waals surface area contributed by atoms with Crippen molar-refractivity contribution in [3.8, 4) is 33.1 Å². The first-order valence-electron chi connectivity index (χ1n) is 10.5. The fourth-order valence-electron chi connectivity index (χ4n) is 3.58. The van der Waals surface area contributed by atoms with Crippen LogP contribution in [0.15, 0.2) is 78.9 Å². The van der Waals surface area contributed by atoms with Gasteiger partial charge >= 0.3 is 5.97 Å². The number of thiophene rings is 1. The van der Waals surface area contributed by atoms with E-state index in [-0.39, 0.29) is 12.3 Å². The van der Waals surface area contributed by atoms with Gasteiger partial charge in [-0.15, -0.1) is 11.3 Å². The molecule has 1 amide bonds. The van der Waals surface area contributed by atoms with Crippen molar-refractivity contribution in [1.82, 2.24) is 0 Å².